The number of Topliss-reactive ketones (excluding diaryl/α,β-unsaturated/α-hetero) is 1. The summed E-state index contributed by atoms with van der Waals surface area (Å²) in [5.41, 5.74) is 2.21. The molecule has 0 bridgehead atoms. The number of nitrogens with one attached hydrogen (secondary N) is 1. The van der Waals surface area contributed by atoms with Gasteiger partial charge in [-0.2, -0.15) is 0 Å². The van der Waals surface area contributed by atoms with E-state index in [1.165, 1.54) is 4.90 Å². The maximum Gasteiger partial charge on any atom is 0.299 e. The van der Waals surface area contributed by atoms with Crippen LogP contribution in [-0.4, -0.2) is 56.0 Å². The number of carbonyl (C=O) groups excluding carboxylic acids is 4. The monoisotopic (exact) mass is 607 g/mol. The third-order valence-corrected chi connectivity index (χ3v) is 7.63. The van der Waals surface area contributed by atoms with Gasteiger partial charge in [0.25, 0.3) is 17.6 Å². The molecule has 2 aliphatic heterocycles. The van der Waals surface area contributed by atoms with Crippen LogP contribution < -0.4 is 29.2 Å². The van der Waals surface area contributed by atoms with E-state index in [1.807, 2.05) is 0 Å². The number of benzene rings is 4. The fourth-order valence-electron chi connectivity index (χ4n) is 5.32. The van der Waals surface area contributed by atoms with Crippen LogP contribution in [0.5, 0.6) is 23.0 Å². The van der Waals surface area contributed by atoms with E-state index in [0.717, 1.165) is 4.90 Å². The van der Waals surface area contributed by atoms with Crippen molar-refractivity contribution in [1.82, 2.24) is 4.90 Å². The highest BCUT2D eigenvalue weighted by atomic mass is 16.7. The molecule has 11 nitrogen and oxygen atoms in total. The van der Waals surface area contributed by atoms with Crippen molar-refractivity contribution in [3.8, 4) is 23.0 Å². The highest BCUT2D eigenvalue weighted by Crippen LogP contribution is 2.37. The van der Waals surface area contributed by atoms with Crippen molar-refractivity contribution in [2.24, 2.45) is 0 Å². The van der Waals surface area contributed by atoms with Gasteiger partial charge in [0.05, 0.1) is 25.5 Å². The van der Waals surface area contributed by atoms with E-state index in [1.54, 1.807) is 105 Å². The molecule has 0 aromatic heterocycles. The molecule has 2 aliphatic rings. The molecule has 0 spiro atoms. The van der Waals surface area contributed by atoms with Crippen molar-refractivity contribution < 1.29 is 38.1 Å². The smallest absolute Gasteiger partial charge is 0.299 e. The molecule has 4 aromatic rings. The van der Waals surface area contributed by atoms with Gasteiger partial charge in [0.2, 0.25) is 12.7 Å². The highest BCUT2D eigenvalue weighted by Gasteiger charge is 2.39. The number of para-hydroxylation sites is 1. The van der Waals surface area contributed by atoms with Gasteiger partial charge >= 0.3 is 0 Å². The van der Waals surface area contributed by atoms with Crippen LogP contribution in [-0.2, 0) is 20.9 Å². The van der Waals surface area contributed by atoms with Crippen molar-refractivity contribution in [3.63, 3.8) is 0 Å². The number of methoxy groups -OCH3 is 2. The summed E-state index contributed by atoms with van der Waals surface area (Å²) in [4.78, 5) is 56.8. The van der Waals surface area contributed by atoms with Crippen molar-refractivity contribution in [2.45, 2.75) is 12.6 Å². The summed E-state index contributed by atoms with van der Waals surface area (Å²) in [7, 11) is 3.10. The Morgan fingerprint density at radius 1 is 0.867 bits per heavy atom. The Hall–Kier alpha value is -5.84. The molecule has 1 N–H and O–H groups in total. The number of ketones is 1. The average molecular weight is 608 g/mol. The Labute approximate surface area is 258 Å². The summed E-state index contributed by atoms with van der Waals surface area (Å²) in [5, 5.41) is 2.91. The first-order valence-electron chi connectivity index (χ1n) is 14.1. The third kappa shape index (κ3) is 5.87. The van der Waals surface area contributed by atoms with Crippen LogP contribution in [0.15, 0.2) is 91.0 Å². The summed E-state index contributed by atoms with van der Waals surface area (Å²) in [6, 6.07) is 24.2. The second-order valence-corrected chi connectivity index (χ2v) is 10.3. The molecule has 0 unspecified atom stereocenters. The lowest BCUT2D eigenvalue weighted by atomic mass is 10.0. The normalized spacial score (nSPS) is 13.7. The fourth-order valence-corrected chi connectivity index (χ4v) is 5.32. The predicted octanol–water partition coefficient (Wildman–Crippen LogP) is 4.37. The van der Waals surface area contributed by atoms with E-state index in [2.05, 4.69) is 5.32 Å². The van der Waals surface area contributed by atoms with Crippen molar-refractivity contribution in [1.29, 1.82) is 0 Å². The number of hydrogen-bond acceptors (Lipinski definition) is 8. The van der Waals surface area contributed by atoms with Crippen LogP contribution in [0.1, 0.15) is 27.5 Å². The van der Waals surface area contributed by atoms with Crippen LogP contribution in [0.3, 0.4) is 0 Å². The fraction of sp³-hybridized carbons (Fsp3) is 0.176. The van der Waals surface area contributed by atoms with Crippen LogP contribution in [0, 0.1) is 0 Å². The lowest BCUT2D eigenvalue weighted by Gasteiger charge is -2.33. The molecule has 0 saturated heterocycles. The standard InChI is InChI=1S/C34H29N3O8/c1-42-24-12-7-21(8-13-24)18-37(30(38)19-36-27-6-4-3-5-26(27)32(39)34(36)41)31(22-9-16-28-29(17-22)45-20-44-28)33(40)35-23-10-14-25(43-2)15-11-23/h3-17,31H,18-20H2,1-2H3,(H,35,40)/t31-/m0/s1. The third-order valence-electron chi connectivity index (χ3n) is 7.63. The highest BCUT2D eigenvalue weighted by molar-refractivity contribution is 6.52. The lowest BCUT2D eigenvalue weighted by molar-refractivity contribution is -0.139. The van der Waals surface area contributed by atoms with Gasteiger partial charge in [-0.1, -0.05) is 30.3 Å². The quantitative estimate of drug-likeness (QED) is 0.264. The number of fused-ring (bicyclic) bond motifs is 2. The van der Waals surface area contributed by atoms with Gasteiger partial charge in [-0.3, -0.25) is 24.1 Å². The number of hydrogen-bond donors (Lipinski definition) is 1. The van der Waals surface area contributed by atoms with Gasteiger partial charge in [0.15, 0.2) is 11.5 Å². The molecule has 0 fully saturated rings. The van der Waals surface area contributed by atoms with E-state index >= 15 is 0 Å². The second kappa shape index (κ2) is 12.4. The summed E-state index contributed by atoms with van der Waals surface area (Å²) in [6.45, 7) is -0.440. The number of carbonyl (C=O) groups is 4. The molecule has 45 heavy (non-hydrogen) atoms. The minimum Gasteiger partial charge on any atom is -0.497 e. The number of ether oxygens (including phenoxy) is 4. The van der Waals surface area contributed by atoms with Crippen LogP contribution in [0.4, 0.5) is 11.4 Å². The van der Waals surface area contributed by atoms with Gasteiger partial charge in [0, 0.05) is 12.2 Å². The molecular weight excluding hydrogens is 578 g/mol. The molecular formula is C34H29N3O8. The molecule has 11 heteroatoms. The first-order valence-corrected chi connectivity index (χ1v) is 14.1. The van der Waals surface area contributed by atoms with Gasteiger partial charge in [-0.25, -0.2) is 0 Å². The molecule has 3 amide bonds. The van der Waals surface area contributed by atoms with Crippen LogP contribution in [0.25, 0.3) is 0 Å². The van der Waals surface area contributed by atoms with Crippen LogP contribution in [0.2, 0.25) is 0 Å². The molecule has 0 aliphatic carbocycles. The van der Waals surface area contributed by atoms with E-state index in [4.69, 9.17) is 18.9 Å². The van der Waals surface area contributed by atoms with Crippen molar-refractivity contribution in [3.05, 3.63) is 108 Å². The molecule has 4 aromatic carbocycles. The van der Waals surface area contributed by atoms with Crippen molar-refractivity contribution >= 4 is 34.9 Å². The zero-order valence-corrected chi connectivity index (χ0v) is 24.5. The summed E-state index contributed by atoms with van der Waals surface area (Å²) in [5.74, 6) is -0.386. The van der Waals surface area contributed by atoms with Crippen molar-refractivity contribution in [2.75, 3.05) is 37.8 Å². The number of nitrogens with zero attached hydrogens (tertiary/aromatic N) is 2. The molecule has 1 atom stereocenters. The van der Waals surface area contributed by atoms with E-state index in [0.29, 0.717) is 45.5 Å². The van der Waals surface area contributed by atoms with E-state index in [9.17, 15) is 19.2 Å². The molecule has 2 heterocycles. The maximum absolute atomic E-state index is 14.3. The SMILES string of the molecule is COc1ccc(CN(C(=O)CN2C(=O)C(=O)c3ccccc32)[C@H](C(=O)Nc2ccc(OC)cc2)c2ccc3c(c2)OCO3)cc1. The average Bonchev–Trinajstić information content (AvgIpc) is 3.63. The Bertz CT molecular complexity index is 1770. The number of anilines is 2. The Kier molecular flexibility index (Phi) is 8.06. The summed E-state index contributed by atoms with van der Waals surface area (Å²) >= 11 is 0. The minimum absolute atomic E-state index is 0.00437. The van der Waals surface area contributed by atoms with Gasteiger partial charge < -0.3 is 29.2 Å². The zero-order valence-electron chi connectivity index (χ0n) is 24.5. The minimum atomic E-state index is -1.18. The van der Waals surface area contributed by atoms with Gasteiger partial charge in [-0.15, -0.1) is 0 Å². The second-order valence-electron chi connectivity index (χ2n) is 10.3. The number of rotatable bonds is 10. The Morgan fingerprint density at radius 2 is 1.53 bits per heavy atom. The van der Waals surface area contributed by atoms with Crippen LogP contribution >= 0.6 is 0 Å². The number of amides is 3. The van der Waals surface area contributed by atoms with E-state index < -0.39 is 36.1 Å². The lowest BCUT2D eigenvalue weighted by Crippen LogP contribution is -2.46. The first kappa shape index (κ1) is 29.2. The van der Waals surface area contributed by atoms with E-state index in [-0.39, 0.29) is 18.9 Å². The largest absolute Gasteiger partial charge is 0.497 e. The predicted molar refractivity (Wildman–Crippen MR) is 164 cm³/mol. The molecule has 0 saturated carbocycles. The molecule has 0 radical (unpaired) electrons. The summed E-state index contributed by atoms with van der Waals surface area (Å²) in [6.07, 6.45) is 0. The van der Waals surface area contributed by atoms with Gasteiger partial charge in [-0.05, 0) is 71.8 Å². The maximum atomic E-state index is 14.3. The van der Waals surface area contributed by atoms with Gasteiger partial charge in [0.1, 0.15) is 24.1 Å². The topological polar surface area (TPSA) is 124 Å². The molecule has 228 valence electrons. The zero-order chi connectivity index (χ0) is 31.5. The molecule has 6 rings (SSSR count). The summed E-state index contributed by atoms with van der Waals surface area (Å²) < 4.78 is 21.6. The first-order chi connectivity index (χ1) is 21.9. The Morgan fingerprint density at radius 3 is 2.24 bits per heavy atom. The Balaban J connectivity index is 1.40.